The zero-order valence-electron chi connectivity index (χ0n) is 13.2. The lowest BCUT2D eigenvalue weighted by Crippen LogP contribution is -2.53. The van der Waals surface area contributed by atoms with Gasteiger partial charge in [-0.3, -0.25) is 4.90 Å². The van der Waals surface area contributed by atoms with E-state index in [0.717, 1.165) is 32.7 Å². The van der Waals surface area contributed by atoms with E-state index in [1.165, 1.54) is 31.4 Å². The maximum atomic E-state index is 5.57. The molecule has 1 N–H and O–H groups in total. The Morgan fingerprint density at radius 1 is 1.24 bits per heavy atom. The second kappa shape index (κ2) is 6.91. The molecule has 21 heavy (non-hydrogen) atoms. The molecule has 116 valence electrons. The maximum absolute atomic E-state index is 5.57. The van der Waals surface area contributed by atoms with Gasteiger partial charge in [0, 0.05) is 31.3 Å². The van der Waals surface area contributed by atoms with Crippen LogP contribution in [-0.2, 0) is 11.2 Å². The normalized spacial score (nSPS) is 27.2. The van der Waals surface area contributed by atoms with Crippen LogP contribution in [0.3, 0.4) is 0 Å². The molecule has 3 rings (SSSR count). The molecular weight excluding hydrogens is 260 g/mol. The molecule has 2 aliphatic rings. The molecule has 0 radical (unpaired) electrons. The molecule has 0 saturated carbocycles. The molecule has 2 aliphatic heterocycles. The number of benzene rings is 1. The highest BCUT2D eigenvalue weighted by Crippen LogP contribution is 2.28. The minimum Gasteiger partial charge on any atom is -0.381 e. The highest BCUT2D eigenvalue weighted by atomic mass is 16.5. The molecule has 0 amide bonds. The fourth-order valence-corrected chi connectivity index (χ4v) is 3.65. The van der Waals surface area contributed by atoms with Crippen molar-refractivity contribution < 1.29 is 4.74 Å². The smallest absolute Gasteiger partial charge is 0.0483 e. The van der Waals surface area contributed by atoms with Gasteiger partial charge in [-0.25, -0.2) is 0 Å². The minimum absolute atomic E-state index is 0.333. The van der Waals surface area contributed by atoms with E-state index < -0.39 is 0 Å². The van der Waals surface area contributed by atoms with E-state index in [1.54, 1.807) is 0 Å². The number of hydrogen-bond acceptors (Lipinski definition) is 3. The van der Waals surface area contributed by atoms with Crippen LogP contribution in [0.2, 0.25) is 0 Å². The number of nitrogens with zero attached hydrogens (tertiary/aromatic N) is 1. The van der Waals surface area contributed by atoms with Crippen LogP contribution in [0.5, 0.6) is 0 Å². The van der Waals surface area contributed by atoms with Crippen LogP contribution in [0.15, 0.2) is 30.3 Å². The SMILES string of the molecule is CC1(N2CCCNC(Cc3ccccc3)C2)CCOCC1. The quantitative estimate of drug-likeness (QED) is 0.925. The lowest BCUT2D eigenvalue weighted by Gasteiger charge is -2.44. The molecule has 1 unspecified atom stereocenters. The standard InChI is InChI=1S/C18H28N2O/c1-18(8-12-21-13-9-18)20-11-5-10-19-17(15-20)14-16-6-3-2-4-7-16/h2-4,6-7,17,19H,5,8-15H2,1H3. The summed E-state index contributed by atoms with van der Waals surface area (Å²) in [5.74, 6) is 0. The fraction of sp³-hybridized carbons (Fsp3) is 0.667. The third-order valence-electron chi connectivity index (χ3n) is 5.14. The number of nitrogens with one attached hydrogen (secondary N) is 1. The van der Waals surface area contributed by atoms with Gasteiger partial charge in [-0.05, 0) is 51.3 Å². The first kappa shape index (κ1) is 15.0. The largest absolute Gasteiger partial charge is 0.381 e. The van der Waals surface area contributed by atoms with Crippen molar-refractivity contribution in [2.45, 2.75) is 44.2 Å². The van der Waals surface area contributed by atoms with Crippen LogP contribution in [0, 0.1) is 0 Å². The van der Waals surface area contributed by atoms with Crippen molar-refractivity contribution in [1.29, 1.82) is 0 Å². The van der Waals surface area contributed by atoms with Gasteiger partial charge < -0.3 is 10.1 Å². The van der Waals surface area contributed by atoms with Crippen LogP contribution in [0.1, 0.15) is 31.7 Å². The van der Waals surface area contributed by atoms with Gasteiger partial charge in [0.05, 0.1) is 0 Å². The van der Waals surface area contributed by atoms with E-state index in [-0.39, 0.29) is 0 Å². The van der Waals surface area contributed by atoms with Gasteiger partial charge in [0.15, 0.2) is 0 Å². The van der Waals surface area contributed by atoms with E-state index in [1.807, 2.05) is 0 Å². The topological polar surface area (TPSA) is 24.5 Å². The molecule has 2 saturated heterocycles. The van der Waals surface area contributed by atoms with E-state index >= 15 is 0 Å². The number of hydrogen-bond donors (Lipinski definition) is 1. The van der Waals surface area contributed by atoms with Gasteiger partial charge >= 0.3 is 0 Å². The van der Waals surface area contributed by atoms with Gasteiger partial charge in [-0.15, -0.1) is 0 Å². The Hall–Kier alpha value is -0.900. The average molecular weight is 288 g/mol. The van der Waals surface area contributed by atoms with Crippen LogP contribution >= 0.6 is 0 Å². The Balaban J connectivity index is 1.65. The number of rotatable bonds is 3. The molecule has 3 heteroatoms. The summed E-state index contributed by atoms with van der Waals surface area (Å²) in [6.07, 6.45) is 4.72. The minimum atomic E-state index is 0.333. The van der Waals surface area contributed by atoms with Crippen molar-refractivity contribution >= 4 is 0 Å². The molecular formula is C18H28N2O. The van der Waals surface area contributed by atoms with Crippen LogP contribution in [0.4, 0.5) is 0 Å². The highest BCUT2D eigenvalue weighted by Gasteiger charge is 2.35. The molecule has 2 fully saturated rings. The van der Waals surface area contributed by atoms with Gasteiger partial charge in [-0.1, -0.05) is 30.3 Å². The number of ether oxygens (including phenoxy) is 1. The van der Waals surface area contributed by atoms with Crippen molar-refractivity contribution in [2.24, 2.45) is 0 Å². The molecule has 1 aromatic rings. The highest BCUT2D eigenvalue weighted by molar-refractivity contribution is 5.16. The van der Waals surface area contributed by atoms with Crippen molar-refractivity contribution in [3.63, 3.8) is 0 Å². The van der Waals surface area contributed by atoms with E-state index in [2.05, 4.69) is 47.5 Å². The van der Waals surface area contributed by atoms with E-state index in [0.29, 0.717) is 11.6 Å². The van der Waals surface area contributed by atoms with Gasteiger partial charge in [0.1, 0.15) is 0 Å². The Morgan fingerprint density at radius 2 is 2.00 bits per heavy atom. The van der Waals surface area contributed by atoms with Crippen LogP contribution < -0.4 is 5.32 Å². The first-order valence-electron chi connectivity index (χ1n) is 8.36. The van der Waals surface area contributed by atoms with Gasteiger partial charge in [-0.2, -0.15) is 0 Å². The molecule has 0 bridgehead atoms. The van der Waals surface area contributed by atoms with E-state index in [9.17, 15) is 0 Å². The molecule has 2 heterocycles. The Morgan fingerprint density at radius 3 is 2.76 bits per heavy atom. The first-order chi connectivity index (χ1) is 10.3. The van der Waals surface area contributed by atoms with Gasteiger partial charge in [0.25, 0.3) is 0 Å². The zero-order valence-corrected chi connectivity index (χ0v) is 13.2. The second-order valence-corrected chi connectivity index (χ2v) is 6.75. The summed E-state index contributed by atoms with van der Waals surface area (Å²) in [5, 5.41) is 3.74. The summed E-state index contributed by atoms with van der Waals surface area (Å²) in [7, 11) is 0. The first-order valence-corrected chi connectivity index (χ1v) is 8.36. The summed E-state index contributed by atoms with van der Waals surface area (Å²) in [6.45, 7) is 7.79. The second-order valence-electron chi connectivity index (χ2n) is 6.75. The maximum Gasteiger partial charge on any atom is 0.0483 e. The molecule has 1 aromatic carbocycles. The average Bonchev–Trinajstić information content (AvgIpc) is 2.75. The molecule has 0 aromatic heterocycles. The van der Waals surface area contributed by atoms with Crippen LogP contribution in [-0.4, -0.2) is 49.3 Å². The molecule has 3 nitrogen and oxygen atoms in total. The summed E-state index contributed by atoms with van der Waals surface area (Å²) in [6, 6.07) is 11.4. The van der Waals surface area contributed by atoms with E-state index in [4.69, 9.17) is 4.74 Å². The third kappa shape index (κ3) is 3.85. The summed E-state index contributed by atoms with van der Waals surface area (Å²) < 4.78 is 5.57. The van der Waals surface area contributed by atoms with Crippen molar-refractivity contribution in [3.05, 3.63) is 35.9 Å². The summed E-state index contributed by atoms with van der Waals surface area (Å²) in [4.78, 5) is 2.73. The lowest BCUT2D eigenvalue weighted by molar-refractivity contribution is -0.0195. The zero-order chi connectivity index (χ0) is 14.5. The monoisotopic (exact) mass is 288 g/mol. The predicted octanol–water partition coefficient (Wildman–Crippen LogP) is 2.46. The van der Waals surface area contributed by atoms with Crippen LogP contribution in [0.25, 0.3) is 0 Å². The fourth-order valence-electron chi connectivity index (χ4n) is 3.65. The van der Waals surface area contributed by atoms with Crippen molar-refractivity contribution in [2.75, 3.05) is 32.8 Å². The molecule has 0 aliphatic carbocycles. The molecule has 0 spiro atoms. The third-order valence-corrected chi connectivity index (χ3v) is 5.14. The summed E-state index contributed by atoms with van der Waals surface area (Å²) in [5.41, 5.74) is 1.77. The van der Waals surface area contributed by atoms with Gasteiger partial charge in [0.2, 0.25) is 0 Å². The Labute approximate surface area is 128 Å². The molecule has 1 atom stereocenters. The van der Waals surface area contributed by atoms with Crippen molar-refractivity contribution in [1.82, 2.24) is 10.2 Å². The Kier molecular flexibility index (Phi) is 4.94. The van der Waals surface area contributed by atoms with Crippen molar-refractivity contribution in [3.8, 4) is 0 Å². The lowest BCUT2D eigenvalue weighted by atomic mass is 9.89. The summed E-state index contributed by atoms with van der Waals surface area (Å²) >= 11 is 0. The Bertz CT molecular complexity index is 428. The predicted molar refractivity (Wildman–Crippen MR) is 86.6 cm³/mol.